The minimum atomic E-state index is -0.246. The molecule has 0 unspecified atom stereocenters. The van der Waals surface area contributed by atoms with Gasteiger partial charge in [-0.05, 0) is 66.3 Å². The Morgan fingerprint density at radius 2 is 1.70 bits per heavy atom. The molecule has 0 atom stereocenters. The molecule has 4 nitrogen and oxygen atoms in total. The predicted molar refractivity (Wildman–Crippen MR) is 111 cm³/mol. The van der Waals surface area contributed by atoms with Gasteiger partial charge in [-0.1, -0.05) is 24.3 Å². The van der Waals surface area contributed by atoms with Crippen LogP contribution in [0.3, 0.4) is 0 Å². The highest BCUT2D eigenvalue weighted by atomic mass is 32.1. The second-order valence-corrected chi connectivity index (χ2v) is 6.52. The first-order chi connectivity index (χ1) is 13.2. The minimum absolute atomic E-state index is 0.246. The summed E-state index contributed by atoms with van der Waals surface area (Å²) in [6.07, 6.45) is 0. The molecule has 0 spiro atoms. The average molecular weight is 376 g/mol. The molecule has 27 heavy (non-hydrogen) atoms. The molecule has 0 bridgehead atoms. The second-order valence-electron chi connectivity index (χ2n) is 6.11. The van der Waals surface area contributed by atoms with Crippen LogP contribution in [-0.2, 0) is 6.54 Å². The molecule has 0 amide bonds. The first-order valence-electron chi connectivity index (χ1n) is 8.52. The van der Waals surface area contributed by atoms with E-state index < -0.39 is 0 Å². The number of anilines is 1. The maximum absolute atomic E-state index is 12.9. The Morgan fingerprint density at radius 3 is 2.44 bits per heavy atom. The number of H-pyrrole nitrogens is 1. The van der Waals surface area contributed by atoms with Crippen LogP contribution in [0.1, 0.15) is 5.56 Å². The molecule has 6 heteroatoms. The summed E-state index contributed by atoms with van der Waals surface area (Å²) >= 11 is 5.32. The number of hydrogen-bond donors (Lipinski definition) is 3. The van der Waals surface area contributed by atoms with E-state index >= 15 is 0 Å². The van der Waals surface area contributed by atoms with E-state index in [1.807, 2.05) is 48.5 Å². The van der Waals surface area contributed by atoms with Crippen molar-refractivity contribution in [2.45, 2.75) is 6.54 Å². The number of imidazole rings is 1. The lowest BCUT2D eigenvalue weighted by Crippen LogP contribution is -2.27. The van der Waals surface area contributed by atoms with Crippen LogP contribution in [-0.4, -0.2) is 15.1 Å². The first-order valence-corrected chi connectivity index (χ1v) is 8.93. The van der Waals surface area contributed by atoms with E-state index in [1.165, 1.54) is 12.1 Å². The number of halogens is 1. The molecule has 0 radical (unpaired) electrons. The van der Waals surface area contributed by atoms with Crippen LogP contribution in [0.15, 0.2) is 72.8 Å². The highest BCUT2D eigenvalue weighted by molar-refractivity contribution is 7.80. The van der Waals surface area contributed by atoms with Gasteiger partial charge in [-0.2, -0.15) is 0 Å². The highest BCUT2D eigenvalue weighted by Gasteiger charge is 2.05. The van der Waals surface area contributed by atoms with Gasteiger partial charge in [-0.15, -0.1) is 0 Å². The van der Waals surface area contributed by atoms with Crippen LogP contribution >= 0.6 is 12.2 Å². The SMILES string of the molecule is Fc1ccc(CNC(=S)Nc2ccc(-c3nc4ccccc4[nH]3)cc2)cc1. The van der Waals surface area contributed by atoms with Gasteiger partial charge in [0.15, 0.2) is 5.11 Å². The molecule has 4 aromatic rings. The van der Waals surface area contributed by atoms with Crippen molar-refractivity contribution in [1.29, 1.82) is 0 Å². The van der Waals surface area contributed by atoms with Gasteiger partial charge >= 0.3 is 0 Å². The molecule has 0 aliphatic heterocycles. The molecule has 0 fully saturated rings. The maximum atomic E-state index is 12.9. The summed E-state index contributed by atoms with van der Waals surface area (Å²) in [7, 11) is 0. The normalized spacial score (nSPS) is 10.7. The monoisotopic (exact) mass is 376 g/mol. The summed E-state index contributed by atoms with van der Waals surface area (Å²) in [5.41, 5.74) is 4.80. The van der Waals surface area contributed by atoms with Gasteiger partial charge in [-0.25, -0.2) is 9.37 Å². The number of aromatic nitrogens is 2. The lowest BCUT2D eigenvalue weighted by Gasteiger charge is -2.11. The van der Waals surface area contributed by atoms with Crippen molar-refractivity contribution < 1.29 is 4.39 Å². The van der Waals surface area contributed by atoms with Gasteiger partial charge in [0.2, 0.25) is 0 Å². The molecule has 0 saturated heterocycles. The standard InChI is InChI=1S/C21H17FN4S/c22-16-9-5-14(6-10-16)13-23-21(27)24-17-11-7-15(8-12-17)20-25-18-3-1-2-4-19(18)26-20/h1-12H,13H2,(H,25,26)(H2,23,24,27). The van der Waals surface area contributed by atoms with Crippen molar-refractivity contribution in [3.05, 3.63) is 84.2 Å². The Balaban J connectivity index is 1.38. The van der Waals surface area contributed by atoms with Crippen LogP contribution in [0.25, 0.3) is 22.4 Å². The van der Waals surface area contributed by atoms with Gasteiger partial charge < -0.3 is 15.6 Å². The zero-order chi connectivity index (χ0) is 18.6. The number of benzene rings is 3. The van der Waals surface area contributed by atoms with Crippen LogP contribution in [0.5, 0.6) is 0 Å². The molecule has 0 aliphatic carbocycles. The Labute approximate surface area is 161 Å². The lowest BCUT2D eigenvalue weighted by molar-refractivity contribution is 0.627. The molecular weight excluding hydrogens is 359 g/mol. The van der Waals surface area contributed by atoms with E-state index in [9.17, 15) is 4.39 Å². The van der Waals surface area contributed by atoms with Crippen LogP contribution in [0.2, 0.25) is 0 Å². The zero-order valence-electron chi connectivity index (χ0n) is 14.4. The minimum Gasteiger partial charge on any atom is -0.358 e. The van der Waals surface area contributed by atoms with E-state index in [0.29, 0.717) is 11.7 Å². The number of thiocarbonyl (C=S) groups is 1. The lowest BCUT2D eigenvalue weighted by atomic mass is 10.2. The molecule has 0 aliphatic rings. The number of para-hydroxylation sites is 2. The summed E-state index contributed by atoms with van der Waals surface area (Å²) in [4.78, 5) is 7.92. The summed E-state index contributed by atoms with van der Waals surface area (Å²) < 4.78 is 12.9. The van der Waals surface area contributed by atoms with Crippen molar-refractivity contribution >= 4 is 34.1 Å². The van der Waals surface area contributed by atoms with Gasteiger partial charge in [-0.3, -0.25) is 0 Å². The summed E-state index contributed by atoms with van der Waals surface area (Å²) in [6, 6.07) is 22.2. The van der Waals surface area contributed by atoms with Gasteiger partial charge in [0, 0.05) is 17.8 Å². The third-order valence-electron chi connectivity index (χ3n) is 4.17. The fourth-order valence-corrected chi connectivity index (χ4v) is 2.95. The van der Waals surface area contributed by atoms with Crippen LogP contribution in [0.4, 0.5) is 10.1 Å². The van der Waals surface area contributed by atoms with E-state index in [0.717, 1.165) is 33.7 Å². The molecular formula is C21H17FN4S. The third-order valence-corrected chi connectivity index (χ3v) is 4.42. The molecule has 0 saturated carbocycles. The number of aromatic amines is 1. The maximum Gasteiger partial charge on any atom is 0.171 e. The number of rotatable bonds is 4. The number of hydrogen-bond acceptors (Lipinski definition) is 2. The Morgan fingerprint density at radius 1 is 0.963 bits per heavy atom. The third kappa shape index (κ3) is 4.12. The Kier molecular flexibility index (Phi) is 4.80. The molecule has 3 N–H and O–H groups in total. The number of nitrogens with zero attached hydrogens (tertiary/aromatic N) is 1. The van der Waals surface area contributed by atoms with Crippen molar-refractivity contribution in [3.63, 3.8) is 0 Å². The molecule has 134 valence electrons. The fourth-order valence-electron chi connectivity index (χ4n) is 2.76. The molecule has 1 heterocycles. The summed E-state index contributed by atoms with van der Waals surface area (Å²) in [6.45, 7) is 0.531. The highest BCUT2D eigenvalue weighted by Crippen LogP contribution is 2.22. The van der Waals surface area contributed by atoms with Crippen molar-refractivity contribution in [1.82, 2.24) is 15.3 Å². The largest absolute Gasteiger partial charge is 0.358 e. The summed E-state index contributed by atoms with van der Waals surface area (Å²) in [5, 5.41) is 6.76. The topological polar surface area (TPSA) is 52.7 Å². The number of fused-ring (bicyclic) bond motifs is 1. The molecule has 1 aromatic heterocycles. The summed E-state index contributed by atoms with van der Waals surface area (Å²) in [5.74, 6) is 0.587. The number of nitrogens with one attached hydrogen (secondary N) is 3. The van der Waals surface area contributed by atoms with Crippen LogP contribution in [0, 0.1) is 5.82 Å². The van der Waals surface area contributed by atoms with Gasteiger partial charge in [0.05, 0.1) is 11.0 Å². The predicted octanol–water partition coefficient (Wildman–Crippen LogP) is 4.86. The second kappa shape index (κ2) is 7.55. The van der Waals surface area contributed by atoms with Crippen molar-refractivity contribution in [2.75, 3.05) is 5.32 Å². The quantitative estimate of drug-likeness (QED) is 0.446. The molecule has 4 rings (SSSR count). The van der Waals surface area contributed by atoms with Crippen molar-refractivity contribution in [2.24, 2.45) is 0 Å². The van der Waals surface area contributed by atoms with E-state index in [2.05, 4.69) is 20.6 Å². The van der Waals surface area contributed by atoms with Gasteiger partial charge in [0.1, 0.15) is 11.6 Å². The van der Waals surface area contributed by atoms with E-state index in [-0.39, 0.29) is 5.82 Å². The molecule has 3 aromatic carbocycles. The Hall–Kier alpha value is -3.25. The Bertz CT molecular complexity index is 1040. The zero-order valence-corrected chi connectivity index (χ0v) is 15.2. The van der Waals surface area contributed by atoms with E-state index in [4.69, 9.17) is 12.2 Å². The van der Waals surface area contributed by atoms with Crippen molar-refractivity contribution in [3.8, 4) is 11.4 Å². The smallest absolute Gasteiger partial charge is 0.171 e. The van der Waals surface area contributed by atoms with Crippen LogP contribution < -0.4 is 10.6 Å². The van der Waals surface area contributed by atoms with E-state index in [1.54, 1.807) is 12.1 Å². The fraction of sp³-hybridized carbons (Fsp3) is 0.0476. The van der Waals surface area contributed by atoms with Gasteiger partial charge in [0.25, 0.3) is 0 Å². The average Bonchev–Trinajstić information content (AvgIpc) is 3.12. The first kappa shape index (κ1) is 17.2.